The van der Waals surface area contributed by atoms with E-state index in [1.165, 1.54) is 0 Å². The number of carbonyl (C=O) groups excluding carboxylic acids is 1. The second-order valence-electron chi connectivity index (χ2n) is 3.80. The summed E-state index contributed by atoms with van der Waals surface area (Å²) in [5.41, 5.74) is 2.28. The molecule has 5 heteroatoms. The van der Waals surface area contributed by atoms with E-state index in [0.717, 1.165) is 10.0 Å². The Morgan fingerprint density at radius 3 is 2.78 bits per heavy atom. The van der Waals surface area contributed by atoms with Crippen molar-refractivity contribution in [2.45, 2.75) is 6.92 Å². The van der Waals surface area contributed by atoms with Crippen LogP contribution in [0.1, 0.15) is 15.9 Å². The van der Waals surface area contributed by atoms with Crippen LogP contribution in [0.25, 0.3) is 0 Å². The molecule has 0 radical (unpaired) electrons. The lowest BCUT2D eigenvalue weighted by Crippen LogP contribution is -2.12. The van der Waals surface area contributed by atoms with Crippen molar-refractivity contribution >= 4 is 39.1 Å². The topological polar surface area (TPSA) is 42.0 Å². The highest BCUT2D eigenvalue weighted by Gasteiger charge is 2.10. The van der Waals surface area contributed by atoms with Crippen LogP contribution in [0.15, 0.2) is 41.0 Å². The fourth-order valence-electron chi connectivity index (χ4n) is 1.48. The van der Waals surface area contributed by atoms with E-state index < -0.39 is 0 Å². The van der Waals surface area contributed by atoms with E-state index in [-0.39, 0.29) is 5.91 Å². The summed E-state index contributed by atoms with van der Waals surface area (Å²) >= 11 is 9.13. The van der Waals surface area contributed by atoms with Gasteiger partial charge in [0.15, 0.2) is 0 Å². The third-order valence-corrected chi connectivity index (χ3v) is 3.22. The minimum Gasteiger partial charge on any atom is -0.322 e. The third kappa shape index (κ3) is 3.09. The Kier molecular flexibility index (Phi) is 3.99. The number of halogens is 2. The maximum Gasteiger partial charge on any atom is 0.256 e. The highest BCUT2D eigenvalue weighted by atomic mass is 79.9. The lowest BCUT2D eigenvalue weighted by molar-refractivity contribution is 0.102. The molecule has 1 aromatic heterocycles. The first-order chi connectivity index (χ1) is 8.56. The molecule has 0 saturated carbocycles. The number of nitrogens with one attached hydrogen (secondary N) is 1. The molecule has 0 atom stereocenters. The third-order valence-electron chi connectivity index (χ3n) is 2.35. The summed E-state index contributed by atoms with van der Waals surface area (Å²) < 4.78 is 0.764. The average Bonchev–Trinajstić information content (AvgIpc) is 2.28. The van der Waals surface area contributed by atoms with E-state index in [9.17, 15) is 4.79 Å². The fraction of sp³-hybridized carbons (Fsp3) is 0.0769. The van der Waals surface area contributed by atoms with E-state index >= 15 is 0 Å². The van der Waals surface area contributed by atoms with Crippen LogP contribution in [-0.2, 0) is 0 Å². The van der Waals surface area contributed by atoms with E-state index in [0.29, 0.717) is 16.4 Å². The van der Waals surface area contributed by atoms with Crippen molar-refractivity contribution in [1.82, 2.24) is 4.98 Å². The first kappa shape index (κ1) is 13.1. The summed E-state index contributed by atoms with van der Waals surface area (Å²) in [5.74, 6) is -0.191. The van der Waals surface area contributed by atoms with Gasteiger partial charge in [0.1, 0.15) is 5.15 Å². The molecule has 0 bridgehead atoms. The Hall–Kier alpha value is -1.39. The van der Waals surface area contributed by atoms with E-state index in [2.05, 4.69) is 26.2 Å². The summed E-state index contributed by atoms with van der Waals surface area (Å²) in [5, 5.41) is 3.11. The van der Waals surface area contributed by atoms with E-state index in [1.807, 2.05) is 19.1 Å². The van der Waals surface area contributed by atoms with Gasteiger partial charge in [0.25, 0.3) is 5.91 Å². The minimum absolute atomic E-state index is 0.191. The normalized spacial score (nSPS) is 10.2. The molecule has 0 aliphatic heterocycles. The Morgan fingerprint density at radius 2 is 2.11 bits per heavy atom. The molecule has 1 N–H and O–H groups in total. The van der Waals surface area contributed by atoms with Gasteiger partial charge in [-0.1, -0.05) is 17.7 Å². The SMILES string of the molecule is Cc1ccc(C(=O)Nc2ccnc(Cl)c2)c(Br)c1. The van der Waals surface area contributed by atoms with E-state index in [1.54, 1.807) is 24.4 Å². The molecule has 0 fully saturated rings. The van der Waals surface area contributed by atoms with Crippen molar-refractivity contribution in [3.8, 4) is 0 Å². The summed E-state index contributed by atoms with van der Waals surface area (Å²) in [6.45, 7) is 1.97. The van der Waals surface area contributed by atoms with Crippen LogP contribution in [0.5, 0.6) is 0 Å². The first-order valence-corrected chi connectivity index (χ1v) is 6.42. The molecular weight excluding hydrogens is 316 g/mol. The summed E-state index contributed by atoms with van der Waals surface area (Å²) in [4.78, 5) is 15.9. The highest BCUT2D eigenvalue weighted by molar-refractivity contribution is 9.10. The van der Waals surface area contributed by atoms with Crippen molar-refractivity contribution in [3.63, 3.8) is 0 Å². The van der Waals surface area contributed by atoms with Crippen LogP contribution in [0, 0.1) is 6.92 Å². The summed E-state index contributed by atoms with van der Waals surface area (Å²) in [6, 6.07) is 8.85. The van der Waals surface area contributed by atoms with Gasteiger partial charge in [-0.3, -0.25) is 4.79 Å². The largest absolute Gasteiger partial charge is 0.322 e. The van der Waals surface area contributed by atoms with Gasteiger partial charge < -0.3 is 5.32 Å². The predicted molar refractivity (Wildman–Crippen MR) is 76.1 cm³/mol. The van der Waals surface area contributed by atoms with Crippen LogP contribution in [0.4, 0.5) is 5.69 Å². The molecule has 0 aliphatic carbocycles. The Bertz CT molecular complexity index is 601. The van der Waals surface area contributed by atoms with Gasteiger partial charge in [-0.05, 0) is 52.7 Å². The van der Waals surface area contributed by atoms with Crippen LogP contribution < -0.4 is 5.32 Å². The Balaban J connectivity index is 2.22. The monoisotopic (exact) mass is 324 g/mol. The maximum absolute atomic E-state index is 12.1. The second kappa shape index (κ2) is 5.50. The van der Waals surface area contributed by atoms with Crippen LogP contribution in [0.2, 0.25) is 5.15 Å². The standard InChI is InChI=1S/C13H10BrClN2O/c1-8-2-3-10(11(14)6-8)13(18)17-9-4-5-16-12(15)7-9/h2-7H,1H3,(H,16,17,18). The van der Waals surface area contributed by atoms with Gasteiger partial charge in [0, 0.05) is 16.4 Å². The van der Waals surface area contributed by atoms with Gasteiger partial charge in [0.2, 0.25) is 0 Å². The molecule has 2 rings (SSSR count). The zero-order valence-electron chi connectivity index (χ0n) is 9.58. The van der Waals surface area contributed by atoms with Gasteiger partial charge in [-0.15, -0.1) is 0 Å². The Morgan fingerprint density at radius 1 is 1.33 bits per heavy atom. The number of aromatic nitrogens is 1. The number of carbonyl (C=O) groups is 1. The van der Waals surface area contributed by atoms with Crippen molar-refractivity contribution in [1.29, 1.82) is 0 Å². The zero-order chi connectivity index (χ0) is 13.1. The number of pyridine rings is 1. The molecule has 0 spiro atoms. The smallest absolute Gasteiger partial charge is 0.256 e. The molecule has 3 nitrogen and oxygen atoms in total. The van der Waals surface area contributed by atoms with Gasteiger partial charge in [-0.2, -0.15) is 0 Å². The van der Waals surface area contributed by atoms with Crippen LogP contribution in [0.3, 0.4) is 0 Å². The maximum atomic E-state index is 12.1. The zero-order valence-corrected chi connectivity index (χ0v) is 11.9. The highest BCUT2D eigenvalue weighted by Crippen LogP contribution is 2.20. The fourth-order valence-corrected chi connectivity index (χ4v) is 2.33. The number of nitrogens with zero attached hydrogens (tertiary/aromatic N) is 1. The molecule has 1 heterocycles. The molecule has 1 amide bonds. The minimum atomic E-state index is -0.191. The molecule has 0 saturated heterocycles. The molecule has 1 aromatic carbocycles. The van der Waals surface area contributed by atoms with Crippen molar-refractivity contribution in [3.05, 3.63) is 57.3 Å². The molecule has 0 unspecified atom stereocenters. The van der Waals surface area contributed by atoms with Gasteiger partial charge >= 0.3 is 0 Å². The lowest BCUT2D eigenvalue weighted by atomic mass is 10.1. The number of anilines is 1. The van der Waals surface area contributed by atoms with Crippen LogP contribution >= 0.6 is 27.5 Å². The van der Waals surface area contributed by atoms with Crippen molar-refractivity contribution in [2.24, 2.45) is 0 Å². The number of amides is 1. The second-order valence-corrected chi connectivity index (χ2v) is 5.05. The average molecular weight is 326 g/mol. The van der Waals surface area contributed by atoms with Gasteiger partial charge in [-0.25, -0.2) is 4.98 Å². The number of benzene rings is 1. The summed E-state index contributed by atoms with van der Waals surface area (Å²) in [6.07, 6.45) is 1.54. The first-order valence-electron chi connectivity index (χ1n) is 5.25. The number of aryl methyl sites for hydroxylation is 1. The Labute approximate surface area is 118 Å². The molecule has 92 valence electrons. The quantitative estimate of drug-likeness (QED) is 0.846. The van der Waals surface area contributed by atoms with E-state index in [4.69, 9.17) is 11.6 Å². The van der Waals surface area contributed by atoms with Crippen LogP contribution in [-0.4, -0.2) is 10.9 Å². The van der Waals surface area contributed by atoms with Gasteiger partial charge in [0.05, 0.1) is 5.56 Å². The number of rotatable bonds is 2. The molecule has 0 aliphatic rings. The summed E-state index contributed by atoms with van der Waals surface area (Å²) in [7, 11) is 0. The molecule has 2 aromatic rings. The predicted octanol–water partition coefficient (Wildman–Crippen LogP) is 4.06. The molecule has 18 heavy (non-hydrogen) atoms. The lowest BCUT2D eigenvalue weighted by Gasteiger charge is -2.07. The molecular formula is C13H10BrClN2O. The van der Waals surface area contributed by atoms with Crippen molar-refractivity contribution in [2.75, 3.05) is 5.32 Å². The van der Waals surface area contributed by atoms with Crippen molar-refractivity contribution < 1.29 is 4.79 Å². The number of hydrogen-bond donors (Lipinski definition) is 1. The number of hydrogen-bond acceptors (Lipinski definition) is 2.